The van der Waals surface area contributed by atoms with Crippen molar-refractivity contribution < 1.29 is 9.50 Å². The number of hydrogen-bond acceptors (Lipinski definition) is 2. The normalized spacial score (nSPS) is 10.3. The van der Waals surface area contributed by atoms with Gasteiger partial charge in [0.1, 0.15) is 5.82 Å². The summed E-state index contributed by atoms with van der Waals surface area (Å²) in [6, 6.07) is 9.82. The molecule has 2 aromatic rings. The Morgan fingerprint density at radius 3 is 2.73 bits per heavy atom. The summed E-state index contributed by atoms with van der Waals surface area (Å²) in [6.45, 7) is -0.0655. The summed E-state index contributed by atoms with van der Waals surface area (Å²) < 4.78 is 13.4. The Morgan fingerprint density at radius 1 is 1.20 bits per heavy atom. The van der Waals surface area contributed by atoms with Gasteiger partial charge >= 0.3 is 0 Å². The minimum atomic E-state index is -0.305. The van der Waals surface area contributed by atoms with E-state index in [9.17, 15) is 4.39 Å². The predicted octanol–water partition coefficient (Wildman–Crippen LogP) is 2.38. The van der Waals surface area contributed by atoms with Crippen molar-refractivity contribution in [2.24, 2.45) is 0 Å². The largest absolute Gasteiger partial charge is 0.392 e. The van der Waals surface area contributed by atoms with Crippen molar-refractivity contribution in [1.29, 1.82) is 0 Å². The van der Waals surface area contributed by atoms with Crippen molar-refractivity contribution in [3.05, 3.63) is 54.0 Å². The smallest absolute Gasteiger partial charge is 0.132 e. The lowest BCUT2D eigenvalue weighted by molar-refractivity contribution is 0.282. The van der Waals surface area contributed by atoms with Crippen LogP contribution in [-0.2, 0) is 6.61 Å². The van der Waals surface area contributed by atoms with E-state index in [4.69, 9.17) is 5.11 Å². The van der Waals surface area contributed by atoms with Crippen LogP contribution in [0, 0.1) is 5.82 Å². The van der Waals surface area contributed by atoms with Crippen molar-refractivity contribution in [2.75, 3.05) is 0 Å². The van der Waals surface area contributed by atoms with Gasteiger partial charge in [0.15, 0.2) is 0 Å². The van der Waals surface area contributed by atoms with Crippen molar-refractivity contribution in [3.8, 4) is 11.3 Å². The fraction of sp³-hybridized carbons (Fsp3) is 0.0833. The van der Waals surface area contributed by atoms with E-state index in [1.54, 1.807) is 36.5 Å². The molecule has 0 aliphatic heterocycles. The van der Waals surface area contributed by atoms with Crippen molar-refractivity contribution >= 4 is 0 Å². The number of aliphatic hydroxyl groups excluding tert-OH is 1. The number of halogens is 1. The standard InChI is InChI=1S/C12H10FNO/c13-11-4-2-1-3-10(11)12-7-9(8-15)5-6-14-12/h1-7,15H,8H2. The molecule has 0 saturated heterocycles. The Hall–Kier alpha value is -1.74. The van der Waals surface area contributed by atoms with Gasteiger partial charge in [-0.25, -0.2) is 4.39 Å². The highest BCUT2D eigenvalue weighted by Crippen LogP contribution is 2.20. The van der Waals surface area contributed by atoms with E-state index in [0.29, 0.717) is 11.3 Å². The van der Waals surface area contributed by atoms with Crippen LogP contribution in [0.1, 0.15) is 5.56 Å². The molecule has 1 heterocycles. The van der Waals surface area contributed by atoms with Gasteiger partial charge in [0.25, 0.3) is 0 Å². The molecule has 0 bridgehead atoms. The lowest BCUT2D eigenvalue weighted by Gasteiger charge is -2.03. The number of benzene rings is 1. The van der Waals surface area contributed by atoms with Crippen LogP contribution in [0.25, 0.3) is 11.3 Å². The first kappa shape index (κ1) is 9.80. The third-order valence-corrected chi connectivity index (χ3v) is 2.16. The first-order valence-electron chi connectivity index (χ1n) is 4.62. The Morgan fingerprint density at radius 2 is 2.00 bits per heavy atom. The predicted molar refractivity (Wildman–Crippen MR) is 55.6 cm³/mol. The topological polar surface area (TPSA) is 33.1 Å². The summed E-state index contributed by atoms with van der Waals surface area (Å²) in [5, 5.41) is 8.96. The molecule has 0 aliphatic rings. The third-order valence-electron chi connectivity index (χ3n) is 2.16. The Kier molecular flexibility index (Phi) is 2.74. The highest BCUT2D eigenvalue weighted by molar-refractivity contribution is 5.60. The molecule has 2 nitrogen and oxygen atoms in total. The maximum atomic E-state index is 13.4. The summed E-state index contributed by atoms with van der Waals surface area (Å²) in [4.78, 5) is 4.07. The van der Waals surface area contributed by atoms with Crippen molar-refractivity contribution in [2.45, 2.75) is 6.61 Å². The highest BCUT2D eigenvalue weighted by Gasteiger charge is 2.05. The molecule has 1 N–H and O–H groups in total. The van der Waals surface area contributed by atoms with Gasteiger partial charge in [-0.2, -0.15) is 0 Å². The fourth-order valence-electron chi connectivity index (χ4n) is 1.39. The average Bonchev–Trinajstić information content (AvgIpc) is 2.30. The zero-order valence-electron chi connectivity index (χ0n) is 8.02. The molecule has 0 unspecified atom stereocenters. The van der Waals surface area contributed by atoms with Gasteiger partial charge in [-0.05, 0) is 29.8 Å². The van der Waals surface area contributed by atoms with Gasteiger partial charge in [0, 0.05) is 11.8 Å². The first-order chi connectivity index (χ1) is 7.31. The van der Waals surface area contributed by atoms with E-state index in [1.807, 2.05) is 0 Å². The van der Waals surface area contributed by atoms with Gasteiger partial charge in [0.2, 0.25) is 0 Å². The van der Waals surface area contributed by atoms with E-state index in [0.717, 1.165) is 5.56 Å². The second-order valence-electron chi connectivity index (χ2n) is 3.19. The molecular formula is C12H10FNO. The van der Waals surface area contributed by atoms with Crippen LogP contribution in [0.5, 0.6) is 0 Å². The van der Waals surface area contributed by atoms with Crippen LogP contribution >= 0.6 is 0 Å². The molecule has 2 rings (SSSR count). The van der Waals surface area contributed by atoms with Gasteiger partial charge in [0.05, 0.1) is 12.3 Å². The molecule has 15 heavy (non-hydrogen) atoms. The number of aromatic nitrogens is 1. The van der Waals surface area contributed by atoms with E-state index in [1.165, 1.54) is 6.07 Å². The molecule has 3 heteroatoms. The zero-order valence-corrected chi connectivity index (χ0v) is 8.02. The molecule has 0 amide bonds. The van der Waals surface area contributed by atoms with Crippen LogP contribution < -0.4 is 0 Å². The van der Waals surface area contributed by atoms with Crippen molar-refractivity contribution in [1.82, 2.24) is 4.98 Å². The summed E-state index contributed by atoms with van der Waals surface area (Å²) in [5.74, 6) is -0.305. The van der Waals surface area contributed by atoms with Gasteiger partial charge < -0.3 is 5.11 Å². The second-order valence-corrected chi connectivity index (χ2v) is 3.19. The average molecular weight is 203 g/mol. The quantitative estimate of drug-likeness (QED) is 0.812. The minimum absolute atomic E-state index is 0.0655. The monoisotopic (exact) mass is 203 g/mol. The minimum Gasteiger partial charge on any atom is -0.392 e. The highest BCUT2D eigenvalue weighted by atomic mass is 19.1. The molecule has 0 fully saturated rings. The zero-order chi connectivity index (χ0) is 10.7. The first-order valence-corrected chi connectivity index (χ1v) is 4.62. The molecule has 1 aromatic carbocycles. The van der Waals surface area contributed by atoms with E-state index < -0.39 is 0 Å². The number of rotatable bonds is 2. The summed E-state index contributed by atoms with van der Waals surface area (Å²) in [5.41, 5.74) is 1.72. The van der Waals surface area contributed by atoms with Crippen LogP contribution in [0.3, 0.4) is 0 Å². The number of hydrogen-bond donors (Lipinski definition) is 1. The Bertz CT molecular complexity index is 471. The van der Waals surface area contributed by atoms with Crippen LogP contribution in [0.4, 0.5) is 4.39 Å². The maximum Gasteiger partial charge on any atom is 0.132 e. The molecule has 0 saturated carbocycles. The summed E-state index contributed by atoms with van der Waals surface area (Å²) in [7, 11) is 0. The Balaban J connectivity index is 2.49. The summed E-state index contributed by atoms with van der Waals surface area (Å²) >= 11 is 0. The summed E-state index contributed by atoms with van der Waals surface area (Å²) in [6.07, 6.45) is 1.56. The van der Waals surface area contributed by atoms with Crippen LogP contribution in [0.2, 0.25) is 0 Å². The molecule has 76 valence electrons. The van der Waals surface area contributed by atoms with Crippen LogP contribution in [0.15, 0.2) is 42.6 Å². The van der Waals surface area contributed by atoms with E-state index in [-0.39, 0.29) is 12.4 Å². The molecular weight excluding hydrogens is 193 g/mol. The molecule has 0 spiro atoms. The maximum absolute atomic E-state index is 13.4. The third kappa shape index (κ3) is 2.02. The number of pyridine rings is 1. The lowest BCUT2D eigenvalue weighted by atomic mass is 10.1. The fourth-order valence-corrected chi connectivity index (χ4v) is 1.39. The van der Waals surface area contributed by atoms with Crippen LogP contribution in [-0.4, -0.2) is 10.1 Å². The van der Waals surface area contributed by atoms with Gasteiger partial charge in [-0.15, -0.1) is 0 Å². The Labute approximate surface area is 87.0 Å². The second kappa shape index (κ2) is 4.19. The van der Waals surface area contributed by atoms with E-state index in [2.05, 4.69) is 4.98 Å². The molecule has 0 aliphatic carbocycles. The number of nitrogens with zero attached hydrogens (tertiary/aromatic N) is 1. The van der Waals surface area contributed by atoms with Gasteiger partial charge in [-0.3, -0.25) is 4.98 Å². The van der Waals surface area contributed by atoms with Crippen molar-refractivity contribution in [3.63, 3.8) is 0 Å². The molecule has 0 atom stereocenters. The van der Waals surface area contributed by atoms with E-state index >= 15 is 0 Å². The molecule has 1 aromatic heterocycles. The van der Waals surface area contributed by atoms with Gasteiger partial charge in [-0.1, -0.05) is 12.1 Å². The lowest BCUT2D eigenvalue weighted by Crippen LogP contribution is -1.90. The number of aliphatic hydroxyl groups is 1. The molecule has 0 radical (unpaired) electrons. The SMILES string of the molecule is OCc1ccnc(-c2ccccc2F)c1.